The van der Waals surface area contributed by atoms with Crippen LogP contribution in [-0.2, 0) is 4.79 Å². The highest BCUT2D eigenvalue weighted by atomic mass is 32.1. The second-order valence-corrected chi connectivity index (χ2v) is 11.9. The number of ketones is 1. The Morgan fingerprint density at radius 2 is 1.86 bits per heavy atom. The van der Waals surface area contributed by atoms with Crippen molar-refractivity contribution >= 4 is 50.9 Å². The molecule has 7 rings (SSSR count). The van der Waals surface area contributed by atoms with Crippen LogP contribution >= 0.6 is 11.3 Å². The van der Waals surface area contributed by atoms with E-state index in [1.165, 1.54) is 30.6 Å². The average Bonchev–Trinajstić information content (AvgIpc) is 3.75. The quantitative estimate of drug-likeness (QED) is 0.177. The van der Waals surface area contributed by atoms with Gasteiger partial charge in [0.05, 0.1) is 27.7 Å². The van der Waals surface area contributed by atoms with Crippen molar-refractivity contribution in [3.05, 3.63) is 60.0 Å². The number of aromatic amines is 2. The van der Waals surface area contributed by atoms with Crippen molar-refractivity contribution in [1.82, 2.24) is 35.1 Å². The highest BCUT2D eigenvalue weighted by molar-refractivity contribution is 7.17. The highest BCUT2D eigenvalue weighted by Crippen LogP contribution is 2.35. The molecule has 1 aliphatic carbocycles. The van der Waals surface area contributed by atoms with E-state index in [1.54, 1.807) is 31.7 Å². The summed E-state index contributed by atoms with van der Waals surface area (Å²) in [5.41, 5.74) is 5.84. The first-order chi connectivity index (χ1) is 20.5. The number of thiophene rings is 1. The SMILES string of the molecule is CC(=O)c1ccc(-c2ccnc3nc(-c4[nH]nc5ncc(-c6cncc(NC(=O)CC7CCCCC7)c6)cc45)[nH]c23)s1. The zero-order chi connectivity index (χ0) is 28.6. The minimum Gasteiger partial charge on any atom is -0.335 e. The molecule has 210 valence electrons. The van der Waals surface area contributed by atoms with Crippen molar-refractivity contribution in [2.75, 3.05) is 5.32 Å². The fraction of sp³-hybridized carbons (Fsp3) is 0.258. The molecule has 6 heterocycles. The lowest BCUT2D eigenvalue weighted by atomic mass is 9.87. The molecule has 1 fully saturated rings. The summed E-state index contributed by atoms with van der Waals surface area (Å²) >= 11 is 1.44. The summed E-state index contributed by atoms with van der Waals surface area (Å²) in [5.74, 6) is 1.12. The molecule has 42 heavy (non-hydrogen) atoms. The molecule has 0 spiro atoms. The molecule has 0 aromatic carbocycles. The third-order valence-electron chi connectivity index (χ3n) is 7.81. The Labute approximate surface area is 245 Å². The Kier molecular flexibility index (Phi) is 6.79. The topological polar surface area (TPSA) is 142 Å². The van der Waals surface area contributed by atoms with E-state index < -0.39 is 0 Å². The number of fused-ring (bicyclic) bond motifs is 2. The summed E-state index contributed by atoms with van der Waals surface area (Å²) < 4.78 is 0. The van der Waals surface area contributed by atoms with Gasteiger partial charge in [-0.3, -0.25) is 19.7 Å². The second-order valence-electron chi connectivity index (χ2n) is 10.8. The number of nitrogens with one attached hydrogen (secondary N) is 3. The van der Waals surface area contributed by atoms with Crippen molar-refractivity contribution in [3.63, 3.8) is 0 Å². The van der Waals surface area contributed by atoms with Gasteiger partial charge in [-0.2, -0.15) is 5.10 Å². The van der Waals surface area contributed by atoms with E-state index in [4.69, 9.17) is 4.98 Å². The molecule has 10 nitrogen and oxygen atoms in total. The molecule has 6 aromatic rings. The third-order valence-corrected chi connectivity index (χ3v) is 9.03. The van der Waals surface area contributed by atoms with Gasteiger partial charge < -0.3 is 10.3 Å². The van der Waals surface area contributed by atoms with Gasteiger partial charge in [0.2, 0.25) is 5.91 Å². The number of carbonyl (C=O) groups is 2. The zero-order valence-corrected chi connectivity index (χ0v) is 23.8. The average molecular weight is 577 g/mol. The molecule has 0 atom stereocenters. The van der Waals surface area contributed by atoms with Gasteiger partial charge in [-0.05, 0) is 56.0 Å². The Bertz CT molecular complexity index is 1950. The third kappa shape index (κ3) is 5.07. The van der Waals surface area contributed by atoms with E-state index in [2.05, 4.69) is 35.5 Å². The predicted octanol–water partition coefficient (Wildman–Crippen LogP) is 6.80. The molecular formula is C31H28N8O2S. The van der Waals surface area contributed by atoms with Crippen LogP contribution in [0.25, 0.3) is 55.3 Å². The maximum absolute atomic E-state index is 12.7. The van der Waals surface area contributed by atoms with Crippen LogP contribution in [0, 0.1) is 5.92 Å². The monoisotopic (exact) mass is 576 g/mol. The van der Waals surface area contributed by atoms with E-state index in [0.29, 0.717) is 45.7 Å². The molecule has 0 saturated heterocycles. The van der Waals surface area contributed by atoms with Crippen molar-refractivity contribution in [1.29, 1.82) is 0 Å². The Morgan fingerprint density at radius 3 is 2.69 bits per heavy atom. The first-order valence-electron chi connectivity index (χ1n) is 14.1. The van der Waals surface area contributed by atoms with Crippen LogP contribution in [0.3, 0.4) is 0 Å². The van der Waals surface area contributed by atoms with Crippen LogP contribution < -0.4 is 5.32 Å². The molecule has 3 N–H and O–H groups in total. The molecule has 1 amide bonds. The molecule has 6 aromatic heterocycles. The van der Waals surface area contributed by atoms with Crippen LogP contribution in [0.15, 0.2) is 55.1 Å². The highest BCUT2D eigenvalue weighted by Gasteiger charge is 2.19. The van der Waals surface area contributed by atoms with Gasteiger partial charge in [-0.25, -0.2) is 15.0 Å². The van der Waals surface area contributed by atoms with Crippen LogP contribution in [0.2, 0.25) is 0 Å². The minimum atomic E-state index is 0.0319. The predicted molar refractivity (Wildman–Crippen MR) is 163 cm³/mol. The summed E-state index contributed by atoms with van der Waals surface area (Å²) in [5, 5.41) is 11.3. The molecule has 11 heteroatoms. The van der Waals surface area contributed by atoms with E-state index >= 15 is 0 Å². The van der Waals surface area contributed by atoms with E-state index in [-0.39, 0.29) is 11.7 Å². The van der Waals surface area contributed by atoms with Gasteiger partial charge >= 0.3 is 0 Å². The summed E-state index contributed by atoms with van der Waals surface area (Å²) in [6.45, 7) is 1.57. The number of nitrogens with zero attached hydrogens (tertiary/aromatic N) is 5. The second kappa shape index (κ2) is 10.9. The van der Waals surface area contributed by atoms with Crippen molar-refractivity contribution < 1.29 is 9.59 Å². The summed E-state index contributed by atoms with van der Waals surface area (Å²) in [6.07, 6.45) is 13.4. The largest absolute Gasteiger partial charge is 0.335 e. The number of pyridine rings is 3. The lowest BCUT2D eigenvalue weighted by Crippen LogP contribution is -2.18. The lowest BCUT2D eigenvalue weighted by Gasteiger charge is -2.20. The van der Waals surface area contributed by atoms with Gasteiger partial charge in [0, 0.05) is 46.6 Å². The van der Waals surface area contributed by atoms with E-state index in [9.17, 15) is 9.59 Å². The number of H-pyrrole nitrogens is 2. The van der Waals surface area contributed by atoms with Crippen LogP contribution in [0.4, 0.5) is 5.69 Å². The fourth-order valence-electron chi connectivity index (χ4n) is 5.68. The van der Waals surface area contributed by atoms with Gasteiger partial charge in [0.15, 0.2) is 22.9 Å². The van der Waals surface area contributed by atoms with Crippen molar-refractivity contribution in [2.24, 2.45) is 5.92 Å². The van der Waals surface area contributed by atoms with Gasteiger partial charge in [-0.15, -0.1) is 11.3 Å². The summed E-state index contributed by atoms with van der Waals surface area (Å²) in [7, 11) is 0. The number of amides is 1. The van der Waals surface area contributed by atoms with Gasteiger partial charge in [0.25, 0.3) is 0 Å². The van der Waals surface area contributed by atoms with E-state index in [1.807, 2.05) is 30.3 Å². The Hall–Kier alpha value is -4.77. The van der Waals surface area contributed by atoms with Crippen molar-refractivity contribution in [2.45, 2.75) is 45.4 Å². The first-order valence-corrected chi connectivity index (χ1v) is 14.9. The van der Waals surface area contributed by atoms with Gasteiger partial charge in [-0.1, -0.05) is 19.3 Å². The molecule has 0 bridgehead atoms. The van der Waals surface area contributed by atoms with Gasteiger partial charge in [0.1, 0.15) is 5.69 Å². The molecule has 0 radical (unpaired) electrons. The normalized spacial score (nSPS) is 14.0. The fourth-order valence-corrected chi connectivity index (χ4v) is 6.61. The molecular weight excluding hydrogens is 548 g/mol. The maximum Gasteiger partial charge on any atom is 0.224 e. The van der Waals surface area contributed by atoms with E-state index in [0.717, 1.165) is 45.3 Å². The Morgan fingerprint density at radius 1 is 1.00 bits per heavy atom. The zero-order valence-electron chi connectivity index (χ0n) is 23.0. The molecule has 0 aliphatic heterocycles. The number of aromatic nitrogens is 7. The number of hydrogen-bond donors (Lipinski definition) is 3. The van der Waals surface area contributed by atoms with Crippen molar-refractivity contribution in [3.8, 4) is 33.1 Å². The van der Waals surface area contributed by atoms with Crippen LogP contribution in [-0.4, -0.2) is 46.8 Å². The smallest absolute Gasteiger partial charge is 0.224 e. The summed E-state index contributed by atoms with van der Waals surface area (Å²) in [6, 6.07) is 9.61. The number of rotatable bonds is 7. The molecule has 1 saturated carbocycles. The summed E-state index contributed by atoms with van der Waals surface area (Å²) in [4.78, 5) is 47.8. The first kappa shape index (κ1) is 26.1. The van der Waals surface area contributed by atoms with Crippen LogP contribution in [0.1, 0.15) is 55.1 Å². The number of Topliss-reactive ketones (excluding diaryl/α,β-unsaturated/α-hetero) is 1. The lowest BCUT2D eigenvalue weighted by molar-refractivity contribution is -0.117. The number of imidazole rings is 1. The number of hydrogen-bond acceptors (Lipinski definition) is 8. The number of carbonyl (C=O) groups excluding carboxylic acids is 2. The Balaban J connectivity index is 1.19. The molecule has 1 aliphatic rings. The standard InChI is InChI=1S/C31H28N8O2S/c1-17(40)24-7-8-25(42-24)22-9-10-33-30-27(22)36-31(37-30)28-23-13-20(15-34-29(23)39-38-28)19-12-21(16-32-14-19)35-26(41)11-18-5-3-2-4-6-18/h7-10,12-16,18H,2-6,11H2,1H3,(H,35,41)(H,33,36,37)(H,34,38,39). The minimum absolute atomic E-state index is 0.0319. The number of anilines is 1. The maximum atomic E-state index is 12.7. The van der Waals surface area contributed by atoms with Crippen LogP contribution in [0.5, 0.6) is 0 Å². The molecule has 0 unspecified atom stereocenters.